The van der Waals surface area contributed by atoms with Gasteiger partial charge < -0.3 is 19.9 Å². The molecule has 2 aromatic heterocycles. The Labute approximate surface area is 229 Å². The number of halogens is 1. The van der Waals surface area contributed by atoms with Crippen molar-refractivity contribution in [1.29, 1.82) is 0 Å². The Morgan fingerprint density at radius 3 is 2.54 bits per heavy atom. The molecular formula is C27H36FN7O3S. The third-order valence-corrected chi connectivity index (χ3v) is 9.08. The second kappa shape index (κ2) is 10.8. The fourth-order valence-corrected chi connectivity index (χ4v) is 5.95. The van der Waals surface area contributed by atoms with E-state index < -0.39 is 22.3 Å². The highest BCUT2D eigenvalue weighted by molar-refractivity contribution is 7.88. The maximum atomic E-state index is 14.4. The summed E-state index contributed by atoms with van der Waals surface area (Å²) >= 11 is 0. The number of benzene rings is 1. The van der Waals surface area contributed by atoms with Crippen LogP contribution in [0.15, 0.2) is 36.7 Å². The van der Waals surface area contributed by atoms with E-state index in [2.05, 4.69) is 51.1 Å². The van der Waals surface area contributed by atoms with Crippen LogP contribution in [-0.4, -0.2) is 92.6 Å². The zero-order valence-electron chi connectivity index (χ0n) is 23.0. The van der Waals surface area contributed by atoms with Gasteiger partial charge in [-0.25, -0.2) is 22.8 Å². The number of alkyl halides is 1. The lowest BCUT2D eigenvalue weighted by Gasteiger charge is -2.44. The monoisotopic (exact) mass is 557 g/mol. The molecule has 0 amide bonds. The first kappa shape index (κ1) is 27.5. The minimum atomic E-state index is -3.23. The second-order valence-corrected chi connectivity index (χ2v) is 12.7. The van der Waals surface area contributed by atoms with Crippen molar-refractivity contribution in [2.75, 3.05) is 61.7 Å². The molecule has 4 heterocycles. The van der Waals surface area contributed by atoms with Gasteiger partial charge in [0.25, 0.3) is 0 Å². The largest absolute Gasteiger partial charge is 0.378 e. The third kappa shape index (κ3) is 5.64. The molecule has 2 atom stereocenters. The van der Waals surface area contributed by atoms with Gasteiger partial charge in [-0.05, 0) is 41.5 Å². The number of nitrogens with one attached hydrogen (secondary N) is 1. The molecule has 0 spiro atoms. The van der Waals surface area contributed by atoms with Crippen LogP contribution in [0.5, 0.6) is 0 Å². The van der Waals surface area contributed by atoms with Crippen molar-refractivity contribution in [1.82, 2.24) is 19.3 Å². The number of methoxy groups -OCH3 is 1. The molecular weight excluding hydrogens is 521 g/mol. The van der Waals surface area contributed by atoms with Crippen LogP contribution in [0.1, 0.15) is 31.7 Å². The van der Waals surface area contributed by atoms with Gasteiger partial charge in [0, 0.05) is 57.3 Å². The van der Waals surface area contributed by atoms with E-state index in [1.165, 1.54) is 23.2 Å². The predicted octanol–water partition coefficient (Wildman–Crippen LogP) is 3.54. The Morgan fingerprint density at radius 1 is 1.10 bits per heavy atom. The Morgan fingerprint density at radius 2 is 1.87 bits per heavy atom. The maximum Gasteiger partial charge on any atom is 0.227 e. The van der Waals surface area contributed by atoms with Crippen LogP contribution in [-0.2, 0) is 14.8 Å². The van der Waals surface area contributed by atoms with Crippen LogP contribution in [0.4, 0.5) is 27.7 Å². The first-order valence-electron chi connectivity index (χ1n) is 13.2. The number of fused-ring (bicyclic) bond motifs is 1. The molecule has 0 aliphatic carbocycles. The van der Waals surface area contributed by atoms with Crippen LogP contribution in [0.25, 0.3) is 10.8 Å². The van der Waals surface area contributed by atoms with E-state index in [-0.39, 0.29) is 12.6 Å². The molecule has 1 N–H and O–H groups in total. The van der Waals surface area contributed by atoms with Crippen molar-refractivity contribution >= 4 is 44.1 Å². The highest BCUT2D eigenvalue weighted by Gasteiger charge is 2.35. The van der Waals surface area contributed by atoms with Crippen molar-refractivity contribution in [3.8, 4) is 0 Å². The van der Waals surface area contributed by atoms with Gasteiger partial charge >= 0.3 is 0 Å². The number of sulfonamides is 1. The Kier molecular flexibility index (Phi) is 7.62. The molecule has 39 heavy (non-hydrogen) atoms. The minimum absolute atomic E-state index is 0.0475. The lowest BCUT2D eigenvalue weighted by atomic mass is 9.94. The zero-order chi connectivity index (χ0) is 27.9. The molecule has 1 aromatic carbocycles. The molecule has 0 bridgehead atoms. The van der Waals surface area contributed by atoms with Gasteiger partial charge in [-0.1, -0.05) is 19.9 Å². The summed E-state index contributed by atoms with van der Waals surface area (Å²) in [5, 5.41) is 5.39. The molecule has 0 radical (unpaired) electrons. The van der Waals surface area contributed by atoms with Crippen LogP contribution >= 0.6 is 0 Å². The van der Waals surface area contributed by atoms with Crippen LogP contribution in [0, 0.1) is 0 Å². The maximum absolute atomic E-state index is 14.4. The van der Waals surface area contributed by atoms with Gasteiger partial charge in [-0.15, -0.1) is 0 Å². The molecule has 5 rings (SSSR count). The molecule has 210 valence electrons. The number of ether oxygens (including phenoxy) is 1. The molecule has 2 unspecified atom stereocenters. The van der Waals surface area contributed by atoms with Crippen molar-refractivity contribution in [3.05, 3.63) is 42.2 Å². The topological polar surface area (TPSA) is 104 Å². The summed E-state index contributed by atoms with van der Waals surface area (Å²) in [4.78, 5) is 17.7. The predicted molar refractivity (Wildman–Crippen MR) is 152 cm³/mol. The normalized spacial score (nSPS) is 20.6. The van der Waals surface area contributed by atoms with Gasteiger partial charge in [0.15, 0.2) is 0 Å². The van der Waals surface area contributed by atoms with Crippen LogP contribution in [0.2, 0.25) is 0 Å². The number of pyridine rings is 1. The number of anilines is 4. The van der Waals surface area contributed by atoms with Crippen molar-refractivity contribution < 1.29 is 17.5 Å². The SMILES string of the molecule is COC1CCN(c2nccc(Nc3cc4c(C(C)C)ccc(N5CC(N(C)S(C)(=O)=O)C5)c4cn3)n2)CC1F. The van der Waals surface area contributed by atoms with Gasteiger partial charge in [0.1, 0.15) is 17.8 Å². The molecule has 2 fully saturated rings. The molecule has 10 nitrogen and oxygen atoms in total. The molecule has 2 aliphatic heterocycles. The van der Waals surface area contributed by atoms with E-state index in [9.17, 15) is 12.8 Å². The average Bonchev–Trinajstić information content (AvgIpc) is 2.87. The van der Waals surface area contributed by atoms with Crippen molar-refractivity contribution in [3.63, 3.8) is 0 Å². The number of aromatic nitrogens is 3. The van der Waals surface area contributed by atoms with Gasteiger partial charge in [-0.2, -0.15) is 9.29 Å². The van der Waals surface area contributed by atoms with E-state index in [0.717, 1.165) is 16.5 Å². The fraction of sp³-hybridized carbons (Fsp3) is 0.519. The molecule has 0 saturated carbocycles. The summed E-state index contributed by atoms with van der Waals surface area (Å²) in [6.45, 7) is 6.38. The summed E-state index contributed by atoms with van der Waals surface area (Å²) in [5.74, 6) is 1.99. The minimum Gasteiger partial charge on any atom is -0.378 e. The summed E-state index contributed by atoms with van der Waals surface area (Å²) in [6, 6.07) is 7.98. The number of piperidine rings is 1. The lowest BCUT2D eigenvalue weighted by Crippen LogP contribution is -2.59. The van der Waals surface area contributed by atoms with E-state index in [1.54, 1.807) is 19.3 Å². The smallest absolute Gasteiger partial charge is 0.227 e. The quantitative estimate of drug-likeness (QED) is 0.445. The molecule has 2 aliphatic rings. The summed E-state index contributed by atoms with van der Waals surface area (Å²) in [5.41, 5.74) is 2.24. The van der Waals surface area contributed by atoms with E-state index >= 15 is 0 Å². The summed E-state index contributed by atoms with van der Waals surface area (Å²) < 4.78 is 45.0. The highest BCUT2D eigenvalue weighted by atomic mass is 32.2. The average molecular weight is 558 g/mol. The van der Waals surface area contributed by atoms with E-state index in [1.807, 2.05) is 17.2 Å². The number of hydrogen-bond acceptors (Lipinski definition) is 9. The van der Waals surface area contributed by atoms with Gasteiger partial charge in [0.05, 0.1) is 24.9 Å². The first-order valence-corrected chi connectivity index (χ1v) is 15.0. The zero-order valence-corrected chi connectivity index (χ0v) is 23.8. The number of rotatable bonds is 8. The summed E-state index contributed by atoms with van der Waals surface area (Å²) in [6.07, 6.45) is 3.84. The lowest BCUT2D eigenvalue weighted by molar-refractivity contribution is 0.0194. The Bertz CT molecular complexity index is 1450. The van der Waals surface area contributed by atoms with Crippen LogP contribution in [0.3, 0.4) is 0 Å². The first-order chi connectivity index (χ1) is 18.5. The van der Waals surface area contributed by atoms with Crippen LogP contribution < -0.4 is 15.1 Å². The molecule has 3 aromatic rings. The van der Waals surface area contributed by atoms with Crippen molar-refractivity contribution in [2.24, 2.45) is 0 Å². The second-order valence-electron chi connectivity index (χ2n) is 10.7. The fourth-order valence-electron chi connectivity index (χ4n) is 5.28. The standard InChI is InChI=1S/C27H36FN7O3S/c1-17(2)19-6-7-23(35-14-18(15-35)33(3)39(5,36)37)21-13-30-26(12-20(19)21)31-25-8-10-29-27(32-25)34-11-9-24(38-4)22(28)16-34/h6-8,10,12-13,17-18,22,24H,9,11,14-16H2,1-5H3,(H,29,30,31,32). The Hall–Kier alpha value is -3.09. The number of hydrogen-bond donors (Lipinski definition) is 1. The third-order valence-electron chi connectivity index (χ3n) is 7.74. The van der Waals surface area contributed by atoms with Crippen molar-refractivity contribution in [2.45, 2.75) is 44.5 Å². The molecule has 2 saturated heterocycles. The van der Waals surface area contributed by atoms with Gasteiger partial charge in [-0.3, -0.25) is 0 Å². The van der Waals surface area contributed by atoms with E-state index in [4.69, 9.17) is 4.74 Å². The van der Waals surface area contributed by atoms with E-state index in [0.29, 0.717) is 49.6 Å². The Balaban J connectivity index is 1.38. The highest BCUT2D eigenvalue weighted by Crippen LogP contribution is 2.36. The van der Waals surface area contributed by atoms with Gasteiger partial charge in [0.2, 0.25) is 16.0 Å². The summed E-state index contributed by atoms with van der Waals surface area (Å²) in [7, 11) is -0.0631. The molecule has 12 heteroatoms. The number of nitrogens with zero attached hydrogens (tertiary/aromatic N) is 6. The number of likely N-dealkylation sites (N-methyl/N-ethyl adjacent to an activating group) is 1.